The minimum Gasteiger partial charge on any atom is -0.434 e. The van der Waals surface area contributed by atoms with E-state index in [4.69, 9.17) is 0 Å². The average molecular weight is 202 g/mol. The van der Waals surface area contributed by atoms with Crippen LogP contribution in [-0.4, -0.2) is 12.8 Å². The van der Waals surface area contributed by atoms with Crippen molar-refractivity contribution in [2.45, 2.75) is 6.92 Å². The summed E-state index contributed by atoms with van der Waals surface area (Å²) in [5.74, 6) is -1.85. The summed E-state index contributed by atoms with van der Waals surface area (Å²) in [5, 5.41) is 0. The summed E-state index contributed by atoms with van der Waals surface area (Å²) in [6.07, 6.45) is -0.988. The van der Waals surface area contributed by atoms with Crippen molar-refractivity contribution in [3.8, 4) is 5.75 Å². The Kier molecular flexibility index (Phi) is 3.39. The fraction of sp³-hybridized carbons (Fsp3) is 0.222. The largest absolute Gasteiger partial charge is 0.513 e. The van der Waals surface area contributed by atoms with Crippen LogP contribution in [0.5, 0.6) is 5.75 Å². The number of carbonyl (C=O) groups excluding carboxylic acids is 1. The average Bonchev–Trinajstić information content (AvgIpc) is 2.01. The van der Waals surface area contributed by atoms with Gasteiger partial charge in [0.05, 0.1) is 6.61 Å². The molecule has 3 nitrogen and oxygen atoms in total. The maximum atomic E-state index is 12.6. The van der Waals surface area contributed by atoms with Crippen LogP contribution in [0, 0.1) is 11.6 Å². The normalized spacial score (nSPS) is 9.64. The van der Waals surface area contributed by atoms with Crippen molar-refractivity contribution in [2.75, 3.05) is 6.61 Å². The molecule has 0 amide bonds. The molecule has 0 saturated carbocycles. The smallest absolute Gasteiger partial charge is 0.434 e. The van der Waals surface area contributed by atoms with E-state index in [1.54, 1.807) is 6.92 Å². The molecule has 0 aliphatic carbocycles. The van der Waals surface area contributed by atoms with E-state index in [1.165, 1.54) is 0 Å². The summed E-state index contributed by atoms with van der Waals surface area (Å²) < 4.78 is 34.1. The summed E-state index contributed by atoms with van der Waals surface area (Å²) in [6.45, 7) is 1.73. The lowest BCUT2D eigenvalue weighted by atomic mass is 10.3. The van der Waals surface area contributed by atoms with Crippen molar-refractivity contribution in [1.29, 1.82) is 0 Å². The quantitative estimate of drug-likeness (QED) is 0.546. The second-order valence-corrected chi connectivity index (χ2v) is 2.39. The van der Waals surface area contributed by atoms with Crippen molar-refractivity contribution in [3.63, 3.8) is 0 Å². The number of carbonyl (C=O) groups is 1. The zero-order valence-corrected chi connectivity index (χ0v) is 7.42. The zero-order chi connectivity index (χ0) is 10.6. The third kappa shape index (κ3) is 3.01. The van der Waals surface area contributed by atoms with Crippen LogP contribution in [0.25, 0.3) is 0 Å². The molecule has 0 aromatic heterocycles. The van der Waals surface area contributed by atoms with Gasteiger partial charge in [-0.3, -0.25) is 0 Å². The number of ether oxygens (including phenoxy) is 2. The van der Waals surface area contributed by atoms with E-state index < -0.39 is 17.8 Å². The Bertz CT molecular complexity index is 319. The number of benzene rings is 1. The molecule has 0 atom stereocenters. The Balaban J connectivity index is 2.71. The van der Waals surface area contributed by atoms with Crippen LogP contribution in [0.15, 0.2) is 18.2 Å². The predicted molar refractivity (Wildman–Crippen MR) is 44.0 cm³/mol. The molecule has 0 radical (unpaired) electrons. The van der Waals surface area contributed by atoms with Crippen molar-refractivity contribution >= 4 is 6.16 Å². The van der Waals surface area contributed by atoms with Gasteiger partial charge in [0.15, 0.2) is 0 Å². The molecule has 1 aromatic carbocycles. The Morgan fingerprint density at radius 3 is 2.36 bits per heavy atom. The van der Waals surface area contributed by atoms with Gasteiger partial charge in [-0.05, 0) is 6.92 Å². The third-order valence-electron chi connectivity index (χ3n) is 1.30. The lowest BCUT2D eigenvalue weighted by Gasteiger charge is -2.03. The molecule has 0 saturated heterocycles. The summed E-state index contributed by atoms with van der Waals surface area (Å²) in [7, 11) is 0. The molecule has 1 rings (SSSR count). The first kappa shape index (κ1) is 10.4. The summed E-state index contributed by atoms with van der Waals surface area (Å²) in [6, 6.07) is 2.46. The molecular formula is C9H8F2O3. The van der Waals surface area contributed by atoms with Gasteiger partial charge in [0, 0.05) is 18.2 Å². The Hall–Kier alpha value is -1.65. The summed E-state index contributed by atoms with van der Waals surface area (Å²) in [4.78, 5) is 10.7. The van der Waals surface area contributed by atoms with E-state index in [2.05, 4.69) is 9.47 Å². The first-order chi connectivity index (χ1) is 6.61. The van der Waals surface area contributed by atoms with Crippen molar-refractivity contribution in [1.82, 2.24) is 0 Å². The van der Waals surface area contributed by atoms with Crippen molar-refractivity contribution < 1.29 is 23.0 Å². The van der Waals surface area contributed by atoms with Gasteiger partial charge >= 0.3 is 6.16 Å². The highest BCUT2D eigenvalue weighted by Gasteiger charge is 2.07. The van der Waals surface area contributed by atoms with Crippen LogP contribution >= 0.6 is 0 Å². The van der Waals surface area contributed by atoms with Gasteiger partial charge in [0.1, 0.15) is 17.4 Å². The second-order valence-electron chi connectivity index (χ2n) is 2.39. The van der Waals surface area contributed by atoms with Gasteiger partial charge in [-0.2, -0.15) is 0 Å². The van der Waals surface area contributed by atoms with Crippen LogP contribution in [0.2, 0.25) is 0 Å². The van der Waals surface area contributed by atoms with Crippen LogP contribution in [0.4, 0.5) is 13.6 Å². The van der Waals surface area contributed by atoms with E-state index in [9.17, 15) is 13.6 Å². The highest BCUT2D eigenvalue weighted by molar-refractivity contribution is 5.63. The molecule has 0 fully saturated rings. The number of rotatable bonds is 2. The van der Waals surface area contributed by atoms with Gasteiger partial charge in [-0.1, -0.05) is 0 Å². The highest BCUT2D eigenvalue weighted by atomic mass is 19.1. The monoisotopic (exact) mass is 202 g/mol. The molecule has 5 heteroatoms. The first-order valence-electron chi connectivity index (χ1n) is 3.92. The third-order valence-corrected chi connectivity index (χ3v) is 1.30. The van der Waals surface area contributed by atoms with Crippen molar-refractivity contribution in [2.24, 2.45) is 0 Å². The maximum absolute atomic E-state index is 12.6. The molecule has 1 aromatic rings. The molecule has 0 bridgehead atoms. The van der Waals surface area contributed by atoms with Gasteiger partial charge in [0.2, 0.25) is 0 Å². The molecule has 0 aliphatic heterocycles. The molecular weight excluding hydrogens is 194 g/mol. The number of hydrogen-bond acceptors (Lipinski definition) is 3. The maximum Gasteiger partial charge on any atom is 0.513 e. The van der Waals surface area contributed by atoms with Crippen LogP contribution in [-0.2, 0) is 4.74 Å². The van der Waals surface area contributed by atoms with Crippen LogP contribution in [0.1, 0.15) is 6.92 Å². The molecule has 0 unspecified atom stereocenters. The fourth-order valence-corrected chi connectivity index (χ4v) is 0.831. The minimum atomic E-state index is -0.988. The Morgan fingerprint density at radius 1 is 1.29 bits per heavy atom. The van der Waals surface area contributed by atoms with Crippen molar-refractivity contribution in [3.05, 3.63) is 29.8 Å². The van der Waals surface area contributed by atoms with E-state index in [0.29, 0.717) is 6.07 Å². The molecule has 0 spiro atoms. The number of halogens is 2. The van der Waals surface area contributed by atoms with Crippen LogP contribution in [0.3, 0.4) is 0 Å². The molecule has 0 N–H and O–H groups in total. The van der Waals surface area contributed by atoms with E-state index in [1.807, 2.05) is 0 Å². The topological polar surface area (TPSA) is 35.5 Å². The van der Waals surface area contributed by atoms with Crippen LogP contribution < -0.4 is 4.74 Å². The minimum absolute atomic E-state index is 0.136. The Morgan fingerprint density at radius 2 is 1.86 bits per heavy atom. The summed E-state index contributed by atoms with van der Waals surface area (Å²) >= 11 is 0. The second kappa shape index (κ2) is 4.55. The fourth-order valence-electron chi connectivity index (χ4n) is 0.831. The van der Waals surface area contributed by atoms with E-state index >= 15 is 0 Å². The van der Waals surface area contributed by atoms with Gasteiger partial charge in [0.25, 0.3) is 0 Å². The van der Waals surface area contributed by atoms with E-state index in [0.717, 1.165) is 12.1 Å². The lowest BCUT2D eigenvalue weighted by Crippen LogP contribution is -2.10. The SMILES string of the molecule is CCOC(=O)Oc1cc(F)cc(F)c1. The van der Waals surface area contributed by atoms with E-state index in [-0.39, 0.29) is 12.4 Å². The van der Waals surface area contributed by atoms with Gasteiger partial charge in [-0.25, -0.2) is 13.6 Å². The predicted octanol–water partition coefficient (Wildman–Crippen LogP) is 2.50. The first-order valence-corrected chi connectivity index (χ1v) is 3.92. The standard InChI is InChI=1S/C9H8F2O3/c1-2-13-9(12)14-8-4-6(10)3-7(11)5-8/h3-5H,2H2,1H3. The lowest BCUT2D eigenvalue weighted by molar-refractivity contribution is 0.104. The molecule has 14 heavy (non-hydrogen) atoms. The molecule has 0 heterocycles. The molecule has 76 valence electrons. The summed E-state index contributed by atoms with van der Waals surface area (Å²) in [5.41, 5.74) is 0. The van der Waals surface area contributed by atoms with Gasteiger partial charge < -0.3 is 9.47 Å². The van der Waals surface area contributed by atoms with Gasteiger partial charge in [-0.15, -0.1) is 0 Å². The molecule has 0 aliphatic rings. The number of hydrogen-bond donors (Lipinski definition) is 0. The Labute approximate surface area is 79.2 Å². The zero-order valence-electron chi connectivity index (χ0n) is 7.42. The highest BCUT2D eigenvalue weighted by Crippen LogP contribution is 2.15.